The Bertz CT molecular complexity index is 549. The molecule has 0 aromatic heterocycles. The number of para-hydroxylation sites is 1. The third-order valence-electron chi connectivity index (χ3n) is 5.06. The standard InChI is InChI=1S/C18H27N3O2.2ClH/c19-15-11-14(12-17(15)22)18(23)20-8-4-10-21-9-3-6-13-5-1-2-7-16(13)21;;/h1-2,5,7,14-15,17,22H,3-4,6,8-12,19H2,(H,20,23);2*1H/t14-,15-,17-;;/m0../s1. The van der Waals surface area contributed by atoms with Gasteiger partial charge in [-0.25, -0.2) is 0 Å². The number of nitrogens with two attached hydrogens (primary N) is 1. The van der Waals surface area contributed by atoms with Crippen molar-refractivity contribution in [1.29, 1.82) is 0 Å². The first-order chi connectivity index (χ1) is 11.1. The van der Waals surface area contributed by atoms with E-state index in [1.165, 1.54) is 17.7 Å². The molecule has 4 N–H and O–H groups in total. The lowest BCUT2D eigenvalue weighted by Gasteiger charge is -2.31. The number of anilines is 1. The number of nitrogens with zero attached hydrogens (tertiary/aromatic N) is 1. The number of aliphatic hydroxyl groups excluding tert-OH is 1. The summed E-state index contributed by atoms with van der Waals surface area (Å²) < 4.78 is 0. The van der Waals surface area contributed by atoms with Gasteiger partial charge in [0.25, 0.3) is 0 Å². The highest BCUT2D eigenvalue weighted by atomic mass is 35.5. The maximum Gasteiger partial charge on any atom is 0.223 e. The number of rotatable bonds is 5. The van der Waals surface area contributed by atoms with Crippen LogP contribution in [0.1, 0.15) is 31.2 Å². The number of hydrogen-bond acceptors (Lipinski definition) is 4. The Hall–Kier alpha value is -1.01. The lowest BCUT2D eigenvalue weighted by Crippen LogP contribution is -2.35. The summed E-state index contributed by atoms with van der Waals surface area (Å²) in [7, 11) is 0. The van der Waals surface area contributed by atoms with E-state index in [0.29, 0.717) is 19.4 Å². The number of aryl methyl sites for hydroxylation is 1. The number of hydrogen-bond donors (Lipinski definition) is 3. The molecule has 0 saturated heterocycles. The van der Waals surface area contributed by atoms with E-state index < -0.39 is 6.10 Å². The summed E-state index contributed by atoms with van der Waals surface area (Å²) in [6.45, 7) is 2.73. The van der Waals surface area contributed by atoms with Crippen LogP contribution in [0.4, 0.5) is 5.69 Å². The Kier molecular flexibility index (Phi) is 9.00. The van der Waals surface area contributed by atoms with Crippen LogP contribution in [0.3, 0.4) is 0 Å². The first kappa shape index (κ1) is 22.0. The SMILES string of the molecule is Cl.Cl.N[C@H]1C[C@H](C(=O)NCCCN2CCCc3ccccc32)C[C@@H]1O. The molecule has 0 bridgehead atoms. The van der Waals surface area contributed by atoms with Gasteiger partial charge in [-0.05, 0) is 43.7 Å². The second-order valence-electron chi connectivity index (χ2n) is 6.76. The van der Waals surface area contributed by atoms with E-state index in [2.05, 4.69) is 34.5 Å². The molecule has 142 valence electrons. The number of benzene rings is 1. The predicted octanol–water partition coefficient (Wildman–Crippen LogP) is 1.89. The minimum Gasteiger partial charge on any atom is -0.391 e. The van der Waals surface area contributed by atoms with E-state index >= 15 is 0 Å². The molecule has 3 rings (SSSR count). The van der Waals surface area contributed by atoms with Crippen molar-refractivity contribution in [1.82, 2.24) is 5.32 Å². The van der Waals surface area contributed by atoms with Gasteiger partial charge in [0.05, 0.1) is 6.10 Å². The largest absolute Gasteiger partial charge is 0.391 e. The molecule has 5 nitrogen and oxygen atoms in total. The Balaban J connectivity index is 0.00000156. The monoisotopic (exact) mass is 389 g/mol. The molecular formula is C18H29Cl2N3O2. The zero-order valence-electron chi connectivity index (χ0n) is 14.4. The summed E-state index contributed by atoms with van der Waals surface area (Å²) in [6, 6.07) is 8.33. The van der Waals surface area contributed by atoms with Crippen molar-refractivity contribution in [2.45, 2.75) is 44.2 Å². The topological polar surface area (TPSA) is 78.6 Å². The van der Waals surface area contributed by atoms with Crippen LogP contribution in [0.25, 0.3) is 0 Å². The quantitative estimate of drug-likeness (QED) is 0.671. The van der Waals surface area contributed by atoms with Gasteiger partial charge in [0, 0.05) is 37.3 Å². The molecule has 0 radical (unpaired) electrons. The van der Waals surface area contributed by atoms with Gasteiger partial charge in [0.2, 0.25) is 5.91 Å². The van der Waals surface area contributed by atoms with Crippen LogP contribution >= 0.6 is 24.8 Å². The Labute approximate surface area is 162 Å². The van der Waals surface area contributed by atoms with Crippen molar-refractivity contribution in [3.63, 3.8) is 0 Å². The van der Waals surface area contributed by atoms with Crippen molar-refractivity contribution in [2.75, 3.05) is 24.5 Å². The molecule has 25 heavy (non-hydrogen) atoms. The third-order valence-corrected chi connectivity index (χ3v) is 5.06. The van der Waals surface area contributed by atoms with Crippen LogP contribution in [-0.4, -0.2) is 42.8 Å². The van der Waals surface area contributed by atoms with Gasteiger partial charge in [-0.2, -0.15) is 0 Å². The molecule has 1 aromatic rings. The summed E-state index contributed by atoms with van der Waals surface area (Å²) in [5, 5.41) is 12.6. The molecule has 1 aliphatic carbocycles. The minimum atomic E-state index is -0.532. The third kappa shape index (κ3) is 5.48. The van der Waals surface area contributed by atoms with Crippen LogP contribution in [0.2, 0.25) is 0 Å². The van der Waals surface area contributed by atoms with Gasteiger partial charge in [-0.15, -0.1) is 24.8 Å². The maximum atomic E-state index is 12.1. The Morgan fingerprint density at radius 1 is 1.28 bits per heavy atom. The molecule has 7 heteroatoms. The summed E-state index contributed by atoms with van der Waals surface area (Å²) in [5.74, 6) is -0.0910. The molecule has 1 amide bonds. The molecular weight excluding hydrogens is 361 g/mol. The number of amides is 1. The highest BCUT2D eigenvalue weighted by molar-refractivity contribution is 5.85. The van der Waals surface area contributed by atoms with Gasteiger partial charge in [0.15, 0.2) is 0 Å². The molecule has 1 aromatic carbocycles. The zero-order valence-corrected chi connectivity index (χ0v) is 16.0. The van der Waals surface area contributed by atoms with E-state index in [4.69, 9.17) is 5.73 Å². The lowest BCUT2D eigenvalue weighted by molar-refractivity contribution is -0.125. The van der Waals surface area contributed by atoms with Crippen molar-refractivity contribution in [3.8, 4) is 0 Å². The average Bonchev–Trinajstić information content (AvgIpc) is 2.91. The molecule has 0 unspecified atom stereocenters. The first-order valence-electron chi connectivity index (χ1n) is 8.69. The maximum absolute atomic E-state index is 12.1. The van der Waals surface area contributed by atoms with Gasteiger partial charge < -0.3 is 21.1 Å². The number of nitrogens with one attached hydrogen (secondary N) is 1. The molecule has 1 saturated carbocycles. The van der Waals surface area contributed by atoms with Crippen molar-refractivity contribution < 1.29 is 9.90 Å². The van der Waals surface area contributed by atoms with E-state index in [9.17, 15) is 9.90 Å². The second kappa shape index (κ2) is 10.2. The fraction of sp³-hybridized carbons (Fsp3) is 0.611. The summed E-state index contributed by atoms with van der Waals surface area (Å²) in [4.78, 5) is 14.5. The minimum absolute atomic E-state index is 0. The molecule has 1 fully saturated rings. The van der Waals surface area contributed by atoms with Gasteiger partial charge >= 0.3 is 0 Å². The van der Waals surface area contributed by atoms with Crippen molar-refractivity contribution in [2.24, 2.45) is 11.7 Å². The van der Waals surface area contributed by atoms with Crippen molar-refractivity contribution >= 4 is 36.4 Å². The number of carbonyl (C=O) groups excluding carboxylic acids is 1. The van der Waals surface area contributed by atoms with Gasteiger partial charge in [-0.1, -0.05) is 18.2 Å². The van der Waals surface area contributed by atoms with Gasteiger partial charge in [0.1, 0.15) is 0 Å². The predicted molar refractivity (Wildman–Crippen MR) is 106 cm³/mol. The molecule has 2 aliphatic rings. The number of aliphatic hydroxyl groups is 1. The molecule has 0 spiro atoms. The Morgan fingerprint density at radius 3 is 2.76 bits per heavy atom. The summed E-state index contributed by atoms with van der Waals surface area (Å²) in [5.41, 5.74) is 8.54. The highest BCUT2D eigenvalue weighted by Gasteiger charge is 2.34. The highest BCUT2D eigenvalue weighted by Crippen LogP contribution is 2.27. The Morgan fingerprint density at radius 2 is 2.04 bits per heavy atom. The van der Waals surface area contributed by atoms with E-state index in [1.54, 1.807) is 0 Å². The van der Waals surface area contributed by atoms with E-state index in [-0.39, 0.29) is 42.7 Å². The molecule has 1 heterocycles. The van der Waals surface area contributed by atoms with E-state index in [0.717, 1.165) is 25.9 Å². The normalized spacial score (nSPS) is 24.7. The fourth-order valence-corrected chi connectivity index (χ4v) is 3.73. The average molecular weight is 390 g/mol. The van der Waals surface area contributed by atoms with Crippen LogP contribution < -0.4 is 16.0 Å². The lowest BCUT2D eigenvalue weighted by atomic mass is 10.0. The van der Waals surface area contributed by atoms with Crippen LogP contribution in [0, 0.1) is 5.92 Å². The molecule has 1 aliphatic heterocycles. The summed E-state index contributed by atoms with van der Waals surface area (Å²) >= 11 is 0. The zero-order chi connectivity index (χ0) is 16.2. The van der Waals surface area contributed by atoms with E-state index in [1.807, 2.05) is 0 Å². The van der Waals surface area contributed by atoms with Gasteiger partial charge in [-0.3, -0.25) is 4.79 Å². The van der Waals surface area contributed by atoms with Crippen LogP contribution in [0.15, 0.2) is 24.3 Å². The van der Waals surface area contributed by atoms with Crippen molar-refractivity contribution in [3.05, 3.63) is 29.8 Å². The molecule has 3 atom stereocenters. The first-order valence-corrected chi connectivity index (χ1v) is 8.69. The second-order valence-corrected chi connectivity index (χ2v) is 6.76. The number of fused-ring (bicyclic) bond motifs is 1. The van der Waals surface area contributed by atoms with Crippen LogP contribution in [-0.2, 0) is 11.2 Å². The fourth-order valence-electron chi connectivity index (χ4n) is 3.73. The summed E-state index contributed by atoms with van der Waals surface area (Å²) in [6.07, 6.45) is 3.84. The smallest absolute Gasteiger partial charge is 0.223 e. The number of carbonyl (C=O) groups is 1. The number of halogens is 2. The van der Waals surface area contributed by atoms with Crippen LogP contribution in [0.5, 0.6) is 0 Å².